The van der Waals surface area contributed by atoms with Crippen LogP contribution in [0, 0.1) is 10.1 Å². The second kappa shape index (κ2) is 7.59. The molecule has 3 N–H and O–H groups in total. The van der Waals surface area contributed by atoms with Crippen LogP contribution in [-0.4, -0.2) is 58.6 Å². The average Bonchev–Trinajstić information content (AvgIpc) is 2.63. The topological polar surface area (TPSA) is 165 Å². The molecule has 1 aliphatic heterocycles. The van der Waals surface area contributed by atoms with Crippen molar-refractivity contribution in [1.82, 2.24) is 10.6 Å². The minimum Gasteiger partial charge on any atom is -0.471 e. The predicted octanol–water partition coefficient (Wildman–Crippen LogP) is -0.121. The van der Waals surface area contributed by atoms with Crippen molar-refractivity contribution < 1.29 is 32.8 Å². The molecule has 0 saturated carbocycles. The van der Waals surface area contributed by atoms with Crippen LogP contribution in [0.3, 0.4) is 0 Å². The van der Waals surface area contributed by atoms with Crippen molar-refractivity contribution >= 4 is 27.3 Å². The van der Waals surface area contributed by atoms with Crippen LogP contribution in [0.25, 0.3) is 0 Å². The maximum atomic E-state index is 12.7. The number of ether oxygens (including phenoxy) is 1. The molecule has 2 unspecified atom stereocenters. The number of amides is 2. The number of nitro benzene ring substituents is 1. The van der Waals surface area contributed by atoms with Gasteiger partial charge < -0.3 is 20.5 Å². The van der Waals surface area contributed by atoms with Gasteiger partial charge in [0.25, 0.3) is 5.91 Å². The Balaban J connectivity index is 2.20. The van der Waals surface area contributed by atoms with Gasteiger partial charge in [-0.3, -0.25) is 19.7 Å². The molecule has 1 fully saturated rings. The molecular formula is C17H23N3O8S. The van der Waals surface area contributed by atoms with Gasteiger partial charge in [-0.25, -0.2) is 8.42 Å². The molecule has 0 aromatic heterocycles. The highest BCUT2D eigenvalue weighted by Crippen LogP contribution is 2.30. The first-order valence-electron chi connectivity index (χ1n) is 8.62. The van der Waals surface area contributed by atoms with Gasteiger partial charge in [0, 0.05) is 6.07 Å². The molecule has 1 aliphatic rings. The molecule has 29 heavy (non-hydrogen) atoms. The Hall–Kier alpha value is -2.73. The van der Waals surface area contributed by atoms with Gasteiger partial charge in [0.2, 0.25) is 5.91 Å². The molecule has 2 rings (SSSR count). The first-order valence-corrected chi connectivity index (χ1v) is 10.2. The number of sulfone groups is 1. The van der Waals surface area contributed by atoms with E-state index in [2.05, 4.69) is 10.6 Å². The Bertz CT molecular complexity index is 942. The molecule has 1 aromatic carbocycles. The third-order valence-corrected chi connectivity index (χ3v) is 7.34. The van der Waals surface area contributed by atoms with Gasteiger partial charge in [0.15, 0.2) is 26.6 Å². The second-order valence-corrected chi connectivity index (χ2v) is 10.4. The number of rotatable bonds is 8. The van der Waals surface area contributed by atoms with E-state index in [0.29, 0.717) is 0 Å². The number of hydrogen-bond acceptors (Lipinski definition) is 8. The van der Waals surface area contributed by atoms with Crippen LogP contribution in [0.4, 0.5) is 5.69 Å². The van der Waals surface area contributed by atoms with Crippen molar-refractivity contribution in [3.8, 4) is 5.75 Å². The smallest absolute Gasteiger partial charge is 0.310 e. The fraction of sp³-hybridized carbons (Fsp3) is 0.529. The summed E-state index contributed by atoms with van der Waals surface area (Å²) in [4.78, 5) is 35.0. The minimum absolute atomic E-state index is 0.152. The highest BCUT2D eigenvalue weighted by molar-refractivity contribution is 7.93. The molecule has 1 heterocycles. The highest BCUT2D eigenvalue weighted by Gasteiger charge is 2.54. The molecule has 11 nitrogen and oxygen atoms in total. The number of hydrogen-bond donors (Lipinski definition) is 3. The molecule has 2 amide bonds. The van der Waals surface area contributed by atoms with Gasteiger partial charge in [0.1, 0.15) is 6.04 Å². The standard InChI is InChI=1S/C17H23N3O8S/c1-16(2,9-21)29(26,27)14-12(13(22)19-14)18-15(23)17(3,4)28-11-8-6-5-7-10(11)20(24)25/h5-8,12,14,21H,9H2,1-4H3,(H,18,23)(H,19,22). The zero-order chi connectivity index (χ0) is 22.2. The van der Waals surface area contributed by atoms with E-state index in [4.69, 9.17) is 4.74 Å². The number of carbonyl (C=O) groups is 2. The summed E-state index contributed by atoms with van der Waals surface area (Å²) >= 11 is 0. The van der Waals surface area contributed by atoms with Gasteiger partial charge in [-0.1, -0.05) is 12.1 Å². The van der Waals surface area contributed by atoms with Crippen LogP contribution in [0.5, 0.6) is 5.75 Å². The van der Waals surface area contributed by atoms with Gasteiger partial charge in [-0.05, 0) is 33.8 Å². The van der Waals surface area contributed by atoms with Crippen molar-refractivity contribution in [2.75, 3.05) is 6.61 Å². The van der Waals surface area contributed by atoms with E-state index in [1.807, 2.05) is 0 Å². The summed E-state index contributed by atoms with van der Waals surface area (Å²) in [5.74, 6) is -1.69. The van der Waals surface area contributed by atoms with Gasteiger partial charge in [-0.15, -0.1) is 0 Å². The summed E-state index contributed by atoms with van der Waals surface area (Å²) in [6, 6.07) is 4.08. The van der Waals surface area contributed by atoms with Crippen LogP contribution in [0.15, 0.2) is 24.3 Å². The zero-order valence-electron chi connectivity index (χ0n) is 16.3. The van der Waals surface area contributed by atoms with E-state index >= 15 is 0 Å². The largest absolute Gasteiger partial charge is 0.471 e. The van der Waals surface area contributed by atoms with E-state index in [-0.39, 0.29) is 11.4 Å². The van der Waals surface area contributed by atoms with Crippen LogP contribution in [0.2, 0.25) is 0 Å². The van der Waals surface area contributed by atoms with Crippen LogP contribution < -0.4 is 15.4 Å². The number of nitro groups is 1. The Morgan fingerprint density at radius 2 is 1.90 bits per heavy atom. The lowest BCUT2D eigenvalue weighted by atomic mass is 10.1. The van der Waals surface area contributed by atoms with Crippen LogP contribution in [-0.2, 0) is 19.4 Å². The van der Waals surface area contributed by atoms with Gasteiger partial charge in [-0.2, -0.15) is 0 Å². The number of benzene rings is 1. The maximum absolute atomic E-state index is 12.7. The number of carbonyl (C=O) groups excluding carboxylic acids is 2. The van der Waals surface area contributed by atoms with E-state index in [1.54, 1.807) is 0 Å². The summed E-state index contributed by atoms with van der Waals surface area (Å²) in [5, 5.41) is 23.6. The van der Waals surface area contributed by atoms with E-state index < -0.39 is 54.9 Å². The van der Waals surface area contributed by atoms with Crippen molar-refractivity contribution in [3.05, 3.63) is 34.4 Å². The van der Waals surface area contributed by atoms with Crippen molar-refractivity contribution in [3.63, 3.8) is 0 Å². The molecule has 1 saturated heterocycles. The third-order valence-electron chi connectivity index (χ3n) is 4.62. The maximum Gasteiger partial charge on any atom is 0.310 e. The summed E-state index contributed by atoms with van der Waals surface area (Å²) in [6.07, 6.45) is 0. The summed E-state index contributed by atoms with van der Waals surface area (Å²) in [6.45, 7) is 4.59. The first kappa shape index (κ1) is 22.6. The van der Waals surface area contributed by atoms with Crippen LogP contribution >= 0.6 is 0 Å². The van der Waals surface area contributed by atoms with Crippen molar-refractivity contribution in [2.24, 2.45) is 0 Å². The lowest BCUT2D eigenvalue weighted by Crippen LogP contribution is -2.74. The molecule has 2 atom stereocenters. The number of β-lactam (4-membered cyclic amide) rings is 1. The average molecular weight is 429 g/mol. The number of aliphatic hydroxyl groups is 1. The monoisotopic (exact) mass is 429 g/mol. The van der Waals surface area contributed by atoms with E-state index in [9.17, 15) is 33.2 Å². The lowest BCUT2D eigenvalue weighted by molar-refractivity contribution is -0.386. The molecule has 1 aromatic rings. The normalized spacial score (nSPS) is 19.7. The SMILES string of the molecule is CC(C)(Oc1ccccc1[N+](=O)[O-])C(=O)NC1C(=O)NC1S(=O)(=O)C(C)(C)CO. The number of nitrogens with zero attached hydrogens (tertiary/aromatic N) is 1. The minimum atomic E-state index is -4.03. The Kier molecular flexibility index (Phi) is 5.91. The summed E-state index contributed by atoms with van der Waals surface area (Å²) < 4.78 is 29.2. The molecule has 0 radical (unpaired) electrons. The molecule has 0 bridgehead atoms. The number of aliphatic hydroxyl groups excluding tert-OH is 1. The molecule has 0 spiro atoms. The molecule has 160 valence electrons. The fourth-order valence-electron chi connectivity index (χ4n) is 2.52. The number of para-hydroxylation sites is 2. The van der Waals surface area contributed by atoms with Gasteiger partial charge >= 0.3 is 5.69 Å². The Labute approximate surface area is 167 Å². The Morgan fingerprint density at radius 1 is 1.31 bits per heavy atom. The summed E-state index contributed by atoms with van der Waals surface area (Å²) in [7, 11) is -4.03. The number of nitrogens with one attached hydrogen (secondary N) is 2. The second-order valence-electron chi connectivity index (χ2n) is 7.68. The van der Waals surface area contributed by atoms with E-state index in [0.717, 1.165) is 0 Å². The molecular weight excluding hydrogens is 406 g/mol. The lowest BCUT2D eigenvalue weighted by Gasteiger charge is -2.41. The molecule has 0 aliphatic carbocycles. The Morgan fingerprint density at radius 3 is 2.41 bits per heavy atom. The zero-order valence-corrected chi connectivity index (χ0v) is 17.1. The third kappa shape index (κ3) is 4.17. The first-order chi connectivity index (χ1) is 13.2. The van der Waals surface area contributed by atoms with E-state index in [1.165, 1.54) is 52.0 Å². The summed E-state index contributed by atoms with van der Waals surface area (Å²) in [5.41, 5.74) is -2.00. The predicted molar refractivity (Wildman–Crippen MR) is 102 cm³/mol. The van der Waals surface area contributed by atoms with Crippen molar-refractivity contribution in [2.45, 2.75) is 49.5 Å². The fourth-order valence-corrected chi connectivity index (χ4v) is 4.21. The highest BCUT2D eigenvalue weighted by atomic mass is 32.2. The molecule has 12 heteroatoms. The quantitative estimate of drug-likeness (QED) is 0.292. The van der Waals surface area contributed by atoms with Gasteiger partial charge in [0.05, 0.1) is 16.3 Å². The van der Waals surface area contributed by atoms with Crippen molar-refractivity contribution in [1.29, 1.82) is 0 Å². The van der Waals surface area contributed by atoms with Crippen LogP contribution in [0.1, 0.15) is 27.7 Å².